The number of aromatic nitrogens is 1. The zero-order valence-corrected chi connectivity index (χ0v) is 11.9. The van der Waals surface area contributed by atoms with Crippen molar-refractivity contribution in [2.24, 2.45) is 0 Å². The molecule has 8 heteroatoms. The van der Waals surface area contributed by atoms with E-state index in [1.807, 2.05) is 6.07 Å². The van der Waals surface area contributed by atoms with Crippen molar-refractivity contribution in [3.63, 3.8) is 0 Å². The van der Waals surface area contributed by atoms with Crippen molar-refractivity contribution < 1.29 is 9.66 Å². The first-order chi connectivity index (χ1) is 10.0. The molecular weight excluding hydrogens is 317 g/mol. The molecule has 106 valence electrons. The highest BCUT2D eigenvalue weighted by Crippen LogP contribution is 2.29. The predicted octanol–water partition coefficient (Wildman–Crippen LogP) is 3.75. The van der Waals surface area contributed by atoms with Crippen LogP contribution < -0.4 is 4.74 Å². The summed E-state index contributed by atoms with van der Waals surface area (Å²) in [5.74, 6) is 0.0463. The monoisotopic (exact) mass is 323 g/mol. The Kier molecular flexibility index (Phi) is 4.58. The van der Waals surface area contributed by atoms with Crippen LogP contribution in [0.2, 0.25) is 10.2 Å². The van der Waals surface area contributed by atoms with Crippen LogP contribution in [0.1, 0.15) is 11.1 Å². The number of pyridine rings is 1. The molecule has 0 amide bonds. The smallest absolute Gasteiger partial charge is 0.312 e. The van der Waals surface area contributed by atoms with E-state index >= 15 is 0 Å². The maximum atomic E-state index is 11.0. The zero-order valence-electron chi connectivity index (χ0n) is 10.4. The molecule has 1 aromatic carbocycles. The van der Waals surface area contributed by atoms with Crippen LogP contribution in [0, 0.1) is 21.4 Å². The summed E-state index contributed by atoms with van der Waals surface area (Å²) in [6, 6.07) is 7.24. The van der Waals surface area contributed by atoms with E-state index in [2.05, 4.69) is 4.98 Å². The van der Waals surface area contributed by atoms with Crippen LogP contribution in [0.5, 0.6) is 5.75 Å². The van der Waals surface area contributed by atoms with Gasteiger partial charge in [-0.05, 0) is 18.2 Å². The summed E-state index contributed by atoms with van der Waals surface area (Å²) in [6.45, 7) is -0.00422. The fourth-order valence-electron chi connectivity index (χ4n) is 1.55. The van der Waals surface area contributed by atoms with Gasteiger partial charge in [0, 0.05) is 17.8 Å². The molecule has 0 aliphatic rings. The van der Waals surface area contributed by atoms with E-state index in [1.165, 1.54) is 24.4 Å². The summed E-state index contributed by atoms with van der Waals surface area (Å²) in [5.41, 5.74) is 0.437. The predicted molar refractivity (Wildman–Crippen MR) is 76.4 cm³/mol. The Labute approximate surface area is 129 Å². The van der Waals surface area contributed by atoms with Crippen molar-refractivity contribution in [1.82, 2.24) is 4.98 Å². The van der Waals surface area contributed by atoms with E-state index in [1.54, 1.807) is 0 Å². The lowest BCUT2D eigenvalue weighted by Gasteiger charge is -2.08. The topological polar surface area (TPSA) is 89.0 Å². The van der Waals surface area contributed by atoms with Crippen molar-refractivity contribution >= 4 is 28.9 Å². The van der Waals surface area contributed by atoms with Gasteiger partial charge in [0.2, 0.25) is 0 Å². The van der Waals surface area contributed by atoms with Crippen LogP contribution >= 0.6 is 23.2 Å². The van der Waals surface area contributed by atoms with Gasteiger partial charge in [0.1, 0.15) is 11.8 Å². The van der Waals surface area contributed by atoms with Crippen LogP contribution in [0.15, 0.2) is 30.5 Å². The molecule has 0 spiro atoms. The van der Waals surface area contributed by atoms with Gasteiger partial charge in [-0.2, -0.15) is 5.26 Å². The Balaban J connectivity index is 2.24. The zero-order chi connectivity index (χ0) is 15.4. The molecular formula is C13H7Cl2N3O3. The summed E-state index contributed by atoms with van der Waals surface area (Å²) >= 11 is 11.6. The van der Waals surface area contributed by atoms with E-state index in [0.717, 1.165) is 6.07 Å². The molecule has 6 nitrogen and oxygen atoms in total. The molecule has 0 radical (unpaired) electrons. The average molecular weight is 324 g/mol. The first kappa shape index (κ1) is 15.0. The molecule has 2 rings (SSSR count). The van der Waals surface area contributed by atoms with Gasteiger partial charge in [-0.15, -0.1) is 0 Å². The number of hydrogen-bond acceptors (Lipinski definition) is 5. The standard InChI is InChI=1S/C13H7Cl2N3O3/c14-10-4-13(15)17-6-9(10)7-21-12-2-1-8(5-16)3-11(12)18(19)20/h1-4,6H,7H2. The summed E-state index contributed by atoms with van der Waals surface area (Å²) in [7, 11) is 0. The number of ether oxygens (including phenoxy) is 1. The molecule has 21 heavy (non-hydrogen) atoms. The van der Waals surface area contributed by atoms with Gasteiger partial charge < -0.3 is 4.74 Å². The molecule has 0 bridgehead atoms. The lowest BCUT2D eigenvalue weighted by Crippen LogP contribution is -2.00. The molecule has 1 heterocycles. The highest BCUT2D eigenvalue weighted by molar-refractivity contribution is 6.34. The number of halogens is 2. The minimum Gasteiger partial charge on any atom is -0.482 e. The Hall–Kier alpha value is -2.36. The van der Waals surface area contributed by atoms with E-state index in [9.17, 15) is 10.1 Å². The summed E-state index contributed by atoms with van der Waals surface area (Å²) in [4.78, 5) is 14.2. The first-order valence-corrected chi connectivity index (χ1v) is 6.38. The van der Waals surface area contributed by atoms with E-state index < -0.39 is 4.92 Å². The highest BCUT2D eigenvalue weighted by Gasteiger charge is 2.16. The van der Waals surface area contributed by atoms with Gasteiger partial charge in [-0.1, -0.05) is 23.2 Å². The number of nitro benzene ring substituents is 1. The lowest BCUT2D eigenvalue weighted by molar-refractivity contribution is -0.386. The second-order valence-electron chi connectivity index (χ2n) is 3.94. The van der Waals surface area contributed by atoms with Crippen LogP contribution in [-0.4, -0.2) is 9.91 Å². The number of nitrogens with zero attached hydrogens (tertiary/aromatic N) is 3. The molecule has 0 atom stereocenters. The number of nitro groups is 1. The van der Waals surface area contributed by atoms with Gasteiger partial charge >= 0.3 is 5.69 Å². The third kappa shape index (κ3) is 3.60. The minimum atomic E-state index is -0.613. The number of rotatable bonds is 4. The molecule has 0 saturated heterocycles. The second-order valence-corrected chi connectivity index (χ2v) is 4.73. The van der Waals surface area contributed by atoms with Gasteiger partial charge in [0.25, 0.3) is 0 Å². The van der Waals surface area contributed by atoms with Crippen molar-refractivity contribution in [2.75, 3.05) is 0 Å². The van der Waals surface area contributed by atoms with Crippen LogP contribution in [0.25, 0.3) is 0 Å². The fraction of sp³-hybridized carbons (Fsp3) is 0.0769. The van der Waals surface area contributed by atoms with Gasteiger partial charge in [-0.25, -0.2) is 4.98 Å². The molecule has 0 aliphatic carbocycles. The van der Waals surface area contributed by atoms with Crippen molar-refractivity contribution in [3.8, 4) is 11.8 Å². The van der Waals surface area contributed by atoms with Gasteiger partial charge in [-0.3, -0.25) is 10.1 Å². The average Bonchev–Trinajstić information content (AvgIpc) is 2.46. The van der Waals surface area contributed by atoms with Gasteiger partial charge in [0.15, 0.2) is 5.75 Å². The SMILES string of the molecule is N#Cc1ccc(OCc2cnc(Cl)cc2Cl)c([N+](=O)[O-])c1. The maximum absolute atomic E-state index is 11.0. The van der Waals surface area contributed by atoms with Crippen LogP contribution in [0.4, 0.5) is 5.69 Å². The third-order valence-electron chi connectivity index (χ3n) is 2.56. The van der Waals surface area contributed by atoms with E-state index in [-0.39, 0.29) is 28.8 Å². The Morgan fingerprint density at radius 3 is 2.76 bits per heavy atom. The number of hydrogen-bond donors (Lipinski definition) is 0. The Morgan fingerprint density at radius 1 is 1.38 bits per heavy atom. The third-order valence-corrected chi connectivity index (χ3v) is 3.12. The minimum absolute atomic E-state index is 0.00422. The second kappa shape index (κ2) is 6.39. The molecule has 1 aromatic heterocycles. The molecule has 0 unspecified atom stereocenters. The Morgan fingerprint density at radius 2 is 2.14 bits per heavy atom. The van der Waals surface area contributed by atoms with Crippen molar-refractivity contribution in [2.45, 2.75) is 6.61 Å². The summed E-state index contributed by atoms with van der Waals surface area (Å²) < 4.78 is 5.39. The van der Waals surface area contributed by atoms with Crippen molar-refractivity contribution in [3.05, 3.63) is 61.9 Å². The lowest BCUT2D eigenvalue weighted by atomic mass is 10.2. The molecule has 0 fully saturated rings. The molecule has 0 saturated carbocycles. The first-order valence-electron chi connectivity index (χ1n) is 5.62. The summed E-state index contributed by atoms with van der Waals surface area (Å²) in [5, 5.41) is 20.3. The quantitative estimate of drug-likeness (QED) is 0.485. The van der Waals surface area contributed by atoms with Crippen LogP contribution in [-0.2, 0) is 6.61 Å². The van der Waals surface area contributed by atoms with E-state index in [4.69, 9.17) is 33.2 Å². The largest absolute Gasteiger partial charge is 0.482 e. The highest BCUT2D eigenvalue weighted by atomic mass is 35.5. The number of benzene rings is 1. The molecule has 0 aliphatic heterocycles. The van der Waals surface area contributed by atoms with Gasteiger partial charge in [0.05, 0.1) is 21.6 Å². The molecule has 0 N–H and O–H groups in total. The van der Waals surface area contributed by atoms with Crippen LogP contribution in [0.3, 0.4) is 0 Å². The van der Waals surface area contributed by atoms with Crippen molar-refractivity contribution in [1.29, 1.82) is 5.26 Å². The maximum Gasteiger partial charge on any atom is 0.312 e. The fourth-order valence-corrected chi connectivity index (χ4v) is 1.97. The molecule has 2 aromatic rings. The normalized spacial score (nSPS) is 9.95. The van der Waals surface area contributed by atoms with E-state index in [0.29, 0.717) is 10.6 Å². The Bertz CT molecular complexity index is 744. The summed E-state index contributed by atoms with van der Waals surface area (Å²) in [6.07, 6.45) is 1.43. The number of nitriles is 1.